The number of hydrogen-bond acceptors (Lipinski definition) is 7. The van der Waals surface area contributed by atoms with E-state index in [1.165, 1.54) is 11.8 Å². The van der Waals surface area contributed by atoms with Crippen molar-refractivity contribution in [2.24, 2.45) is 0 Å². The Morgan fingerprint density at radius 1 is 1.30 bits per heavy atom. The second-order valence-corrected chi connectivity index (χ2v) is 4.91. The van der Waals surface area contributed by atoms with Crippen LogP contribution < -0.4 is 5.32 Å². The molecule has 3 aromatic rings. The smallest absolute Gasteiger partial charge is 0.240 e. The molecule has 7 nitrogen and oxygen atoms in total. The molecule has 0 fully saturated rings. The molecular weight excluding hydrogens is 276 g/mol. The summed E-state index contributed by atoms with van der Waals surface area (Å²) in [7, 11) is 1.77. The number of anilines is 1. The van der Waals surface area contributed by atoms with Crippen LogP contribution in [0.2, 0.25) is 0 Å². The minimum absolute atomic E-state index is 0.507. The normalized spacial score (nSPS) is 10.7. The third kappa shape index (κ3) is 2.50. The third-order valence-electron chi connectivity index (χ3n) is 2.57. The van der Waals surface area contributed by atoms with Crippen LogP contribution in [0.4, 0.5) is 5.95 Å². The van der Waals surface area contributed by atoms with E-state index in [1.807, 2.05) is 13.0 Å². The molecule has 0 spiro atoms. The lowest BCUT2D eigenvalue weighted by Gasteiger charge is -2.06. The van der Waals surface area contributed by atoms with Gasteiger partial charge in [0.25, 0.3) is 0 Å². The van der Waals surface area contributed by atoms with E-state index >= 15 is 0 Å². The third-order valence-corrected chi connectivity index (χ3v) is 3.58. The van der Waals surface area contributed by atoms with E-state index in [4.69, 9.17) is 4.42 Å². The van der Waals surface area contributed by atoms with Gasteiger partial charge in [-0.25, -0.2) is 4.98 Å². The van der Waals surface area contributed by atoms with Crippen LogP contribution in [-0.4, -0.2) is 31.6 Å². The first-order valence-corrected chi connectivity index (χ1v) is 6.72. The molecule has 3 aromatic heterocycles. The molecule has 0 aromatic carbocycles. The van der Waals surface area contributed by atoms with Gasteiger partial charge in [-0.2, -0.15) is 15.0 Å². The number of furan rings is 1. The molecule has 0 amide bonds. The molecule has 0 unspecified atom stereocenters. The summed E-state index contributed by atoms with van der Waals surface area (Å²) in [6.45, 7) is 1.90. The first kappa shape index (κ1) is 12.7. The summed E-state index contributed by atoms with van der Waals surface area (Å²) in [6.07, 6.45) is 6.75. The Bertz CT molecular complexity index is 709. The molecular formula is C12H12N6OS. The van der Waals surface area contributed by atoms with Crippen LogP contribution in [-0.2, 0) is 0 Å². The molecule has 102 valence electrons. The maximum absolute atomic E-state index is 5.27. The highest BCUT2D eigenvalue weighted by Crippen LogP contribution is 2.29. The monoisotopic (exact) mass is 288 g/mol. The van der Waals surface area contributed by atoms with Gasteiger partial charge in [-0.1, -0.05) is 0 Å². The minimum Gasteiger partial charge on any atom is -0.468 e. The topological polar surface area (TPSA) is 81.7 Å². The van der Waals surface area contributed by atoms with Crippen LogP contribution in [0.15, 0.2) is 45.5 Å². The Labute approximate surface area is 119 Å². The largest absolute Gasteiger partial charge is 0.468 e. The number of aryl methyl sites for hydroxylation is 1. The van der Waals surface area contributed by atoms with E-state index in [2.05, 4.69) is 25.3 Å². The van der Waals surface area contributed by atoms with Crippen molar-refractivity contribution in [3.8, 4) is 5.95 Å². The van der Waals surface area contributed by atoms with Gasteiger partial charge >= 0.3 is 0 Å². The summed E-state index contributed by atoms with van der Waals surface area (Å²) in [5.74, 6) is 1.86. The predicted molar refractivity (Wildman–Crippen MR) is 74.1 cm³/mol. The molecule has 0 radical (unpaired) electrons. The summed E-state index contributed by atoms with van der Waals surface area (Å²) in [4.78, 5) is 18.0. The highest BCUT2D eigenvalue weighted by molar-refractivity contribution is 7.99. The Morgan fingerprint density at radius 3 is 2.85 bits per heavy atom. The number of nitrogens with zero attached hydrogens (tertiary/aromatic N) is 5. The highest BCUT2D eigenvalue weighted by Gasteiger charge is 2.11. The molecule has 0 saturated carbocycles. The molecule has 3 heterocycles. The van der Waals surface area contributed by atoms with Gasteiger partial charge in [0.05, 0.1) is 11.2 Å². The van der Waals surface area contributed by atoms with Crippen LogP contribution in [0.25, 0.3) is 5.95 Å². The van der Waals surface area contributed by atoms with E-state index < -0.39 is 0 Å². The van der Waals surface area contributed by atoms with Crippen LogP contribution >= 0.6 is 11.8 Å². The highest BCUT2D eigenvalue weighted by atomic mass is 32.2. The van der Waals surface area contributed by atoms with Crippen molar-refractivity contribution in [3.63, 3.8) is 0 Å². The zero-order chi connectivity index (χ0) is 13.9. The molecule has 0 aliphatic heterocycles. The van der Waals surface area contributed by atoms with Crippen LogP contribution in [0.1, 0.15) is 5.76 Å². The van der Waals surface area contributed by atoms with Gasteiger partial charge in [0, 0.05) is 19.4 Å². The predicted octanol–water partition coefficient (Wildman–Crippen LogP) is 2.15. The van der Waals surface area contributed by atoms with E-state index in [0.717, 1.165) is 10.7 Å². The van der Waals surface area contributed by atoms with Crippen molar-refractivity contribution in [2.75, 3.05) is 12.4 Å². The lowest BCUT2D eigenvalue weighted by molar-refractivity contribution is 0.527. The molecule has 20 heavy (non-hydrogen) atoms. The van der Waals surface area contributed by atoms with E-state index in [1.54, 1.807) is 36.6 Å². The van der Waals surface area contributed by atoms with Gasteiger partial charge in [-0.15, -0.1) is 0 Å². The molecule has 8 heteroatoms. The fourth-order valence-electron chi connectivity index (χ4n) is 1.57. The van der Waals surface area contributed by atoms with Gasteiger partial charge < -0.3 is 9.73 Å². The van der Waals surface area contributed by atoms with Crippen molar-refractivity contribution >= 4 is 17.7 Å². The Balaban J connectivity index is 1.98. The second-order valence-electron chi connectivity index (χ2n) is 3.90. The summed E-state index contributed by atoms with van der Waals surface area (Å²) in [6, 6.07) is 1.89. The first-order valence-electron chi connectivity index (χ1n) is 5.90. The molecule has 1 N–H and O–H groups in total. The Hall–Kier alpha value is -2.35. The summed E-state index contributed by atoms with van der Waals surface area (Å²) < 4.78 is 7.00. The summed E-state index contributed by atoms with van der Waals surface area (Å²) in [5, 5.41) is 3.53. The molecule has 0 bridgehead atoms. The van der Waals surface area contributed by atoms with Crippen molar-refractivity contribution in [1.82, 2.24) is 24.5 Å². The van der Waals surface area contributed by atoms with Gasteiger partial charge in [0.1, 0.15) is 12.1 Å². The van der Waals surface area contributed by atoms with Crippen molar-refractivity contribution in [3.05, 3.63) is 36.8 Å². The fraction of sp³-hybridized carbons (Fsp3) is 0.167. The number of aromatic nitrogens is 5. The van der Waals surface area contributed by atoms with Crippen molar-refractivity contribution < 1.29 is 4.42 Å². The van der Waals surface area contributed by atoms with E-state index in [0.29, 0.717) is 17.1 Å². The molecule has 0 aliphatic rings. The zero-order valence-corrected chi connectivity index (χ0v) is 11.8. The van der Waals surface area contributed by atoms with Crippen molar-refractivity contribution in [1.29, 1.82) is 0 Å². The van der Waals surface area contributed by atoms with E-state index in [-0.39, 0.29) is 0 Å². The number of rotatable bonds is 4. The SMILES string of the molecule is CNc1nc(Sc2ccoc2C)nc(-n2ccnc2)n1. The summed E-state index contributed by atoms with van der Waals surface area (Å²) >= 11 is 1.43. The number of imidazole rings is 1. The van der Waals surface area contributed by atoms with Crippen LogP contribution in [0.3, 0.4) is 0 Å². The molecule has 0 atom stereocenters. The lowest BCUT2D eigenvalue weighted by Crippen LogP contribution is -2.06. The van der Waals surface area contributed by atoms with Crippen LogP contribution in [0, 0.1) is 6.92 Å². The molecule has 3 rings (SSSR count). The average molecular weight is 288 g/mol. The molecule has 0 saturated heterocycles. The first-order chi connectivity index (χ1) is 9.76. The lowest BCUT2D eigenvalue weighted by atomic mass is 10.5. The Kier molecular flexibility index (Phi) is 3.38. The van der Waals surface area contributed by atoms with Crippen LogP contribution in [0.5, 0.6) is 0 Å². The minimum atomic E-state index is 0.507. The van der Waals surface area contributed by atoms with E-state index in [9.17, 15) is 0 Å². The maximum Gasteiger partial charge on any atom is 0.240 e. The Morgan fingerprint density at radius 2 is 2.20 bits per heavy atom. The average Bonchev–Trinajstić information content (AvgIpc) is 3.11. The zero-order valence-electron chi connectivity index (χ0n) is 10.9. The summed E-state index contributed by atoms with van der Waals surface area (Å²) in [5.41, 5.74) is 0. The quantitative estimate of drug-likeness (QED) is 0.787. The van der Waals surface area contributed by atoms with Gasteiger partial charge in [0.2, 0.25) is 11.9 Å². The standard InChI is InChI=1S/C12H12N6OS/c1-8-9(3-6-19-8)20-12-16-10(13-2)15-11(17-12)18-5-4-14-7-18/h3-7H,1-2H3,(H,13,15,16,17). The number of nitrogens with one attached hydrogen (secondary N) is 1. The van der Waals surface area contributed by atoms with Gasteiger partial charge in [0.15, 0.2) is 5.16 Å². The molecule has 0 aliphatic carbocycles. The maximum atomic E-state index is 5.27. The van der Waals surface area contributed by atoms with Crippen molar-refractivity contribution in [2.45, 2.75) is 17.0 Å². The number of hydrogen-bond donors (Lipinski definition) is 1. The fourth-order valence-corrected chi connectivity index (χ4v) is 2.35. The second kappa shape index (κ2) is 5.33. The van der Waals surface area contributed by atoms with Gasteiger partial charge in [-0.3, -0.25) is 4.57 Å². The van der Waals surface area contributed by atoms with Gasteiger partial charge in [-0.05, 0) is 24.8 Å².